The second-order valence-electron chi connectivity index (χ2n) is 17.7. The lowest BCUT2D eigenvalue weighted by molar-refractivity contribution is -0.133. The average molecular weight is 978 g/mol. The number of nitrogen functional groups attached to an aromatic ring is 1. The number of piperazine rings is 1. The SMILES string of the molecule is CC(C)(C)c1nc(-c2cccc(NS(=O)(=O)c3c(F)cccc3F)c2F)c(-c2ccnc(N)n2)s1.CC(C)NCC(C(=O)N1CCN(c2ncnc3c2C(C)CC3O)CC1)c1ccc(Cl)cc1. The summed E-state index contributed by atoms with van der Waals surface area (Å²) in [5.41, 5.74) is 8.24. The van der Waals surface area contributed by atoms with E-state index in [0.717, 1.165) is 46.9 Å². The Hall–Kier alpha value is -5.73. The monoisotopic (exact) mass is 976 g/mol. The lowest BCUT2D eigenvalue weighted by atomic mass is 9.96. The van der Waals surface area contributed by atoms with Crippen LogP contribution in [0.25, 0.3) is 21.8 Å². The van der Waals surface area contributed by atoms with Crippen molar-refractivity contribution in [2.45, 2.75) is 82.3 Å². The van der Waals surface area contributed by atoms with E-state index in [1.807, 2.05) is 54.7 Å². The largest absolute Gasteiger partial charge is 0.387 e. The zero-order valence-electron chi connectivity index (χ0n) is 37.8. The van der Waals surface area contributed by atoms with E-state index in [1.165, 1.54) is 29.7 Å². The number of nitrogens with two attached hydrogens (primary N) is 1. The summed E-state index contributed by atoms with van der Waals surface area (Å²) in [4.78, 5) is 38.6. The molecule has 3 aromatic heterocycles. The highest BCUT2D eigenvalue weighted by molar-refractivity contribution is 7.92. The van der Waals surface area contributed by atoms with Crippen molar-refractivity contribution in [3.63, 3.8) is 0 Å². The molecule has 1 aliphatic carbocycles. The Bertz CT molecular complexity index is 2840. The third-order valence-electron chi connectivity index (χ3n) is 11.3. The molecule has 3 unspecified atom stereocenters. The van der Waals surface area contributed by atoms with Crippen molar-refractivity contribution in [1.29, 1.82) is 0 Å². The molecule has 4 heterocycles. The van der Waals surface area contributed by atoms with Gasteiger partial charge in [-0.2, -0.15) is 0 Å². The van der Waals surface area contributed by atoms with Crippen molar-refractivity contribution in [2.75, 3.05) is 48.1 Å². The summed E-state index contributed by atoms with van der Waals surface area (Å²) in [7, 11) is -4.78. The highest BCUT2D eigenvalue weighted by Gasteiger charge is 2.35. The van der Waals surface area contributed by atoms with E-state index in [0.29, 0.717) is 65.8 Å². The number of aliphatic hydroxyl groups excluding tert-OH is 1. The van der Waals surface area contributed by atoms with Crippen molar-refractivity contribution in [2.24, 2.45) is 0 Å². The zero-order valence-corrected chi connectivity index (χ0v) is 40.2. The Morgan fingerprint density at radius 3 is 2.27 bits per heavy atom. The molecule has 67 heavy (non-hydrogen) atoms. The number of hydrogen-bond acceptors (Lipinski definition) is 13. The number of carbonyl (C=O) groups excluding carboxylic acids is 1. The Kier molecular flexibility index (Phi) is 14.9. The lowest BCUT2D eigenvalue weighted by Gasteiger charge is -2.38. The number of carbonyl (C=O) groups is 1. The van der Waals surface area contributed by atoms with Gasteiger partial charge in [-0.05, 0) is 60.4 Å². The number of nitrogens with one attached hydrogen (secondary N) is 2. The summed E-state index contributed by atoms with van der Waals surface area (Å²) in [6.45, 7) is 15.4. The Morgan fingerprint density at radius 2 is 1.63 bits per heavy atom. The zero-order chi connectivity index (χ0) is 48.4. The fourth-order valence-electron chi connectivity index (χ4n) is 7.94. The second-order valence-corrected chi connectivity index (χ2v) is 20.8. The number of sulfonamides is 1. The van der Waals surface area contributed by atoms with Gasteiger partial charge >= 0.3 is 0 Å². The minimum Gasteiger partial charge on any atom is -0.387 e. The maximum Gasteiger partial charge on any atom is 0.267 e. The smallest absolute Gasteiger partial charge is 0.267 e. The van der Waals surface area contributed by atoms with Gasteiger partial charge in [-0.15, -0.1) is 11.3 Å². The number of hydrogen-bond donors (Lipinski definition) is 4. The maximum absolute atomic E-state index is 15.7. The molecule has 0 radical (unpaired) electrons. The van der Waals surface area contributed by atoms with Crippen LogP contribution >= 0.6 is 22.9 Å². The molecular weight excluding hydrogens is 925 g/mol. The molecule has 0 saturated carbocycles. The number of rotatable bonds is 11. The molecule has 2 aliphatic rings. The number of aliphatic hydroxyl groups is 1. The van der Waals surface area contributed by atoms with E-state index >= 15 is 4.39 Å². The fourth-order valence-corrected chi connectivity index (χ4v) is 10.4. The Balaban J connectivity index is 0.000000200. The summed E-state index contributed by atoms with van der Waals surface area (Å²) in [6, 6.07) is 16.1. The number of fused-ring (bicyclic) bond motifs is 1. The molecule has 14 nitrogen and oxygen atoms in total. The van der Waals surface area contributed by atoms with Gasteiger partial charge < -0.3 is 26.0 Å². The average Bonchev–Trinajstić information content (AvgIpc) is 3.86. The Labute approximate surface area is 396 Å². The summed E-state index contributed by atoms with van der Waals surface area (Å²) in [5, 5.41) is 15.1. The van der Waals surface area contributed by atoms with Crippen LogP contribution in [0.3, 0.4) is 0 Å². The number of aromatic nitrogens is 5. The molecule has 5 N–H and O–H groups in total. The van der Waals surface area contributed by atoms with Gasteiger partial charge in [-0.3, -0.25) is 9.52 Å². The molecule has 0 spiro atoms. The molecule has 0 bridgehead atoms. The highest BCUT2D eigenvalue weighted by atomic mass is 35.5. The van der Waals surface area contributed by atoms with Crippen LogP contribution in [0.1, 0.15) is 87.7 Å². The molecule has 6 aromatic rings. The van der Waals surface area contributed by atoms with Crippen LogP contribution in [0.15, 0.2) is 84.1 Å². The van der Waals surface area contributed by atoms with Crippen LogP contribution < -0.4 is 20.7 Å². The number of benzene rings is 3. The molecule has 354 valence electrons. The van der Waals surface area contributed by atoms with Crippen LogP contribution in [0.4, 0.5) is 30.6 Å². The summed E-state index contributed by atoms with van der Waals surface area (Å²) in [5.74, 6) is -2.53. The van der Waals surface area contributed by atoms with Gasteiger partial charge in [0.2, 0.25) is 11.9 Å². The third-order valence-corrected chi connectivity index (χ3v) is 14.5. The summed E-state index contributed by atoms with van der Waals surface area (Å²) < 4.78 is 71.2. The van der Waals surface area contributed by atoms with Gasteiger partial charge in [0.25, 0.3) is 10.0 Å². The molecule has 3 aromatic carbocycles. The van der Waals surface area contributed by atoms with Crippen molar-refractivity contribution in [3.8, 4) is 21.8 Å². The van der Waals surface area contributed by atoms with E-state index in [9.17, 15) is 27.1 Å². The van der Waals surface area contributed by atoms with Crippen LogP contribution in [-0.4, -0.2) is 88.0 Å². The number of thiazole rings is 1. The molecular formula is C47H52ClF3N10O4S2. The fraction of sp³-hybridized carbons (Fsp3) is 0.362. The van der Waals surface area contributed by atoms with Crippen LogP contribution in [0.5, 0.6) is 0 Å². The predicted molar refractivity (Wildman–Crippen MR) is 255 cm³/mol. The maximum atomic E-state index is 15.7. The van der Waals surface area contributed by atoms with Gasteiger partial charge in [0.1, 0.15) is 23.8 Å². The van der Waals surface area contributed by atoms with E-state index in [2.05, 4.69) is 55.9 Å². The van der Waals surface area contributed by atoms with Gasteiger partial charge in [0.05, 0.1) is 44.7 Å². The first kappa shape index (κ1) is 49.2. The van der Waals surface area contributed by atoms with Crippen LogP contribution in [0, 0.1) is 17.5 Å². The molecule has 8 rings (SSSR count). The lowest BCUT2D eigenvalue weighted by Crippen LogP contribution is -2.51. The molecule has 3 atom stereocenters. The highest BCUT2D eigenvalue weighted by Crippen LogP contribution is 2.44. The minimum atomic E-state index is -4.78. The first-order valence-electron chi connectivity index (χ1n) is 21.6. The van der Waals surface area contributed by atoms with Gasteiger partial charge in [-0.1, -0.05) is 77.4 Å². The first-order chi connectivity index (χ1) is 31.7. The standard InChI is InChI=1S/C24H32ClN5O2.C23H20F3N5O2S2/c1-15(2)26-13-19(17-4-6-18(25)7-5-17)24(32)30-10-8-29(9-11-30)23-21-16(3)12-20(31)22(21)27-14-28-23;1-23(2,3)21-30-18(19(34-21)16-10-11-28-22(27)29-16)12-6-4-9-15(17(12)26)31-35(32,33)20-13(24)7-5-8-14(20)25/h4-7,14-16,19-20,26,31H,8-13H2,1-3H3;4-11,31H,1-3H3,(H2,27,28,29). The predicted octanol–water partition coefficient (Wildman–Crippen LogP) is 8.47. The first-order valence-corrected chi connectivity index (χ1v) is 24.3. The second kappa shape index (κ2) is 20.2. The third kappa shape index (κ3) is 11.0. The number of halogens is 4. The van der Waals surface area contributed by atoms with Gasteiger partial charge in [-0.25, -0.2) is 46.5 Å². The van der Waals surface area contributed by atoms with Gasteiger partial charge in [0.15, 0.2) is 10.7 Å². The molecule has 1 amide bonds. The van der Waals surface area contributed by atoms with Crippen molar-refractivity contribution >= 4 is 56.3 Å². The quantitative estimate of drug-likeness (QED) is 0.0970. The summed E-state index contributed by atoms with van der Waals surface area (Å²) >= 11 is 7.35. The Morgan fingerprint density at radius 1 is 0.955 bits per heavy atom. The van der Waals surface area contributed by atoms with Crippen LogP contribution in [0.2, 0.25) is 5.02 Å². The molecule has 20 heteroatoms. The van der Waals surface area contributed by atoms with Crippen molar-refractivity contribution in [1.82, 2.24) is 35.1 Å². The molecule has 1 saturated heterocycles. The minimum absolute atomic E-state index is 0.0213. The molecule has 1 fully saturated rings. The van der Waals surface area contributed by atoms with Crippen molar-refractivity contribution < 1.29 is 31.5 Å². The number of anilines is 3. The summed E-state index contributed by atoms with van der Waals surface area (Å²) in [6.07, 6.45) is 3.17. The topological polar surface area (TPSA) is 192 Å². The van der Waals surface area contributed by atoms with E-state index in [4.69, 9.17) is 17.3 Å². The number of amides is 1. The van der Waals surface area contributed by atoms with E-state index in [1.54, 1.807) is 12.4 Å². The van der Waals surface area contributed by atoms with E-state index < -0.39 is 44.2 Å². The van der Waals surface area contributed by atoms with Gasteiger partial charge in [0, 0.05) is 66.5 Å². The van der Waals surface area contributed by atoms with Crippen LogP contribution in [-0.2, 0) is 20.2 Å². The van der Waals surface area contributed by atoms with Crippen molar-refractivity contribution in [3.05, 3.63) is 124 Å². The number of nitrogens with zero attached hydrogens (tertiary/aromatic N) is 7. The molecule has 1 aliphatic heterocycles. The van der Waals surface area contributed by atoms with E-state index in [-0.39, 0.29) is 40.4 Å². The normalized spacial score (nSPS) is 16.7.